The Hall–Kier alpha value is 0.560. The van der Waals surface area contributed by atoms with Crippen LogP contribution >= 0.6 is 28.4 Å². The lowest BCUT2D eigenvalue weighted by atomic mass is 10.6. The van der Waals surface area contributed by atoms with Crippen molar-refractivity contribution in [3.05, 3.63) is 23.0 Å². The number of hydrogen-bond acceptors (Lipinski definition) is 0. The van der Waals surface area contributed by atoms with Crippen molar-refractivity contribution >= 4 is 28.4 Å². The first-order valence-corrected chi connectivity index (χ1v) is 6.74. The maximum Gasteiger partial charge on any atom is -0.0172 e. The highest BCUT2D eigenvalue weighted by Crippen LogP contribution is 2.57. The minimum atomic E-state index is -0.437. The van der Waals surface area contributed by atoms with Crippen molar-refractivity contribution in [2.45, 2.75) is 0 Å². The van der Waals surface area contributed by atoms with Crippen LogP contribution in [0, 0.1) is 0 Å². The second kappa shape index (κ2) is 1.82. The Morgan fingerprint density at radius 1 is 1.29 bits per heavy atom. The first kappa shape index (κ1) is 5.69. The second-order valence-corrected chi connectivity index (χ2v) is 9.71. The molecule has 0 aliphatic carbocycles. The summed E-state index contributed by atoms with van der Waals surface area (Å²) in [4.78, 5) is 0. The van der Waals surface area contributed by atoms with Gasteiger partial charge in [0, 0.05) is 0 Å². The third-order valence-corrected chi connectivity index (χ3v) is 3.94. The van der Waals surface area contributed by atoms with Crippen LogP contribution in [-0.2, 0) is 0 Å². The van der Waals surface area contributed by atoms with Gasteiger partial charge < -0.3 is 0 Å². The molecule has 0 radical (unpaired) electrons. The van der Waals surface area contributed by atoms with Crippen LogP contribution in [0.5, 0.6) is 0 Å². The first-order chi connectivity index (χ1) is 3.21. The van der Waals surface area contributed by atoms with Crippen LogP contribution in [0.4, 0.5) is 0 Å². The summed E-state index contributed by atoms with van der Waals surface area (Å²) in [7, 11) is -0.437. The first-order valence-electron chi connectivity index (χ1n) is 2.03. The molecule has 0 N–H and O–H groups in total. The van der Waals surface area contributed by atoms with E-state index in [1.807, 2.05) is 0 Å². The lowest BCUT2D eigenvalue weighted by Gasteiger charge is -2.13. The normalized spacial score (nSPS) is 28.3. The second-order valence-electron chi connectivity index (χ2n) is 1.60. The quantitative estimate of drug-likeness (QED) is 0.557. The third kappa shape index (κ3) is 1.49. The highest BCUT2D eigenvalue weighted by Gasteiger charge is 2.05. The third-order valence-electron chi connectivity index (χ3n) is 0.800. The van der Waals surface area contributed by atoms with Crippen LogP contribution in [0.3, 0.4) is 0 Å². The van der Waals surface area contributed by atoms with Crippen molar-refractivity contribution in [3.8, 4) is 0 Å². The molecular formula is C5H7IS. The summed E-state index contributed by atoms with van der Waals surface area (Å²) in [6, 6.07) is 0. The predicted octanol–water partition coefficient (Wildman–Crippen LogP) is 2.81. The predicted molar refractivity (Wildman–Crippen MR) is 45.8 cm³/mol. The minimum absolute atomic E-state index is 0.437. The number of allylic oxidation sites excluding steroid dienone is 2. The van der Waals surface area contributed by atoms with Gasteiger partial charge in [0.15, 0.2) is 0 Å². The van der Waals surface area contributed by atoms with Crippen molar-refractivity contribution < 1.29 is 0 Å². The topological polar surface area (TPSA) is 0 Å². The molecule has 1 rings (SSSR count). The Morgan fingerprint density at radius 2 is 1.71 bits per heavy atom. The monoisotopic (exact) mass is 226 g/mol. The van der Waals surface area contributed by atoms with Gasteiger partial charge in [0.1, 0.15) is 0 Å². The summed E-state index contributed by atoms with van der Waals surface area (Å²) in [5, 5.41) is 4.51. The van der Waals surface area contributed by atoms with Gasteiger partial charge in [-0.15, -0.1) is 7.20 Å². The molecule has 1 aliphatic rings. The molecule has 0 amide bonds. The molecule has 0 saturated carbocycles. The zero-order chi connectivity index (χ0) is 5.33. The lowest BCUT2D eigenvalue weighted by Crippen LogP contribution is -1.66. The van der Waals surface area contributed by atoms with Gasteiger partial charge in [-0.3, -0.25) is 0 Å². The Bertz CT molecular complexity index is 110. The Balaban J connectivity index is 2.77. The molecule has 0 aromatic carbocycles. The van der Waals surface area contributed by atoms with E-state index >= 15 is 0 Å². The van der Waals surface area contributed by atoms with Crippen LogP contribution < -0.4 is 0 Å². The molecule has 0 unspecified atom stereocenters. The zero-order valence-corrected chi connectivity index (χ0v) is 7.07. The van der Waals surface area contributed by atoms with Crippen molar-refractivity contribution in [3.63, 3.8) is 0 Å². The van der Waals surface area contributed by atoms with Crippen molar-refractivity contribution in [2.24, 2.45) is 0 Å². The Morgan fingerprint density at radius 3 is 1.86 bits per heavy atom. The zero-order valence-electron chi connectivity index (χ0n) is 4.10. The van der Waals surface area contributed by atoms with E-state index in [1.54, 1.807) is 0 Å². The molecule has 2 heteroatoms. The standard InChI is InChI=1S/C5H7IS/c1-7(6)4-2-3-5-7/h2-5H,1H3. The van der Waals surface area contributed by atoms with E-state index in [4.69, 9.17) is 0 Å². The fourth-order valence-electron chi connectivity index (χ4n) is 0.443. The maximum absolute atomic E-state index is 2.48. The molecule has 1 aliphatic heterocycles. The van der Waals surface area contributed by atoms with Crippen molar-refractivity contribution in [2.75, 3.05) is 6.26 Å². The molecule has 0 bridgehead atoms. The van der Waals surface area contributed by atoms with E-state index in [0.29, 0.717) is 0 Å². The van der Waals surface area contributed by atoms with Gasteiger partial charge in [0.25, 0.3) is 0 Å². The van der Waals surface area contributed by atoms with Gasteiger partial charge in [-0.25, -0.2) is 0 Å². The van der Waals surface area contributed by atoms with Gasteiger partial charge >= 0.3 is 0 Å². The smallest absolute Gasteiger partial charge is 0.0172 e. The average Bonchev–Trinajstić information content (AvgIpc) is 1.84. The maximum atomic E-state index is 2.48. The summed E-state index contributed by atoms with van der Waals surface area (Å²) >= 11 is 2.48. The molecule has 0 fully saturated rings. The van der Waals surface area contributed by atoms with Crippen LogP contribution in [0.25, 0.3) is 0 Å². The van der Waals surface area contributed by atoms with E-state index in [0.717, 1.165) is 0 Å². The highest BCUT2D eigenvalue weighted by molar-refractivity contribution is 14.2. The summed E-state index contributed by atoms with van der Waals surface area (Å²) in [5.41, 5.74) is 0. The van der Waals surface area contributed by atoms with E-state index in [2.05, 4.69) is 50.4 Å². The van der Waals surface area contributed by atoms with Gasteiger partial charge in [-0.05, 0) is 38.3 Å². The lowest BCUT2D eigenvalue weighted by molar-refractivity contribution is 2.15. The molecule has 0 aromatic rings. The SMILES string of the molecule is CS1(I)C=CC=C1. The largest absolute Gasteiger partial charge is 0.149 e. The van der Waals surface area contributed by atoms with E-state index in [9.17, 15) is 0 Å². The number of halogens is 1. The molecule has 0 spiro atoms. The molecule has 0 saturated heterocycles. The average molecular weight is 226 g/mol. The fourth-order valence-corrected chi connectivity index (χ4v) is 2.35. The van der Waals surface area contributed by atoms with E-state index < -0.39 is 7.20 Å². The number of rotatable bonds is 0. The molecule has 0 aromatic heterocycles. The highest BCUT2D eigenvalue weighted by atomic mass is 127. The van der Waals surface area contributed by atoms with Gasteiger partial charge in [-0.1, -0.05) is 12.2 Å². The summed E-state index contributed by atoms with van der Waals surface area (Å²) in [6.07, 6.45) is 6.48. The summed E-state index contributed by atoms with van der Waals surface area (Å²) in [6.45, 7) is 0. The van der Waals surface area contributed by atoms with Crippen molar-refractivity contribution in [1.82, 2.24) is 0 Å². The van der Waals surface area contributed by atoms with E-state index in [-0.39, 0.29) is 0 Å². The molecule has 0 nitrogen and oxygen atoms in total. The minimum Gasteiger partial charge on any atom is -0.149 e. The summed E-state index contributed by atoms with van der Waals surface area (Å²) < 4.78 is 0. The van der Waals surface area contributed by atoms with Crippen LogP contribution in [0.15, 0.2) is 23.0 Å². The van der Waals surface area contributed by atoms with Gasteiger partial charge in [0.05, 0.1) is 0 Å². The molecule has 1 heterocycles. The molecule has 40 valence electrons. The van der Waals surface area contributed by atoms with Crippen LogP contribution in [0.1, 0.15) is 0 Å². The Kier molecular flexibility index (Phi) is 1.48. The fraction of sp³-hybridized carbons (Fsp3) is 0.200. The van der Waals surface area contributed by atoms with Crippen LogP contribution in [-0.4, -0.2) is 6.26 Å². The molecule has 0 atom stereocenters. The number of hydrogen-bond donors (Lipinski definition) is 0. The van der Waals surface area contributed by atoms with Gasteiger partial charge in [0.2, 0.25) is 0 Å². The van der Waals surface area contributed by atoms with Crippen molar-refractivity contribution in [1.29, 1.82) is 0 Å². The molecule has 7 heavy (non-hydrogen) atoms. The Labute approximate surface area is 57.6 Å². The summed E-state index contributed by atoms with van der Waals surface area (Å²) in [5.74, 6) is 0. The van der Waals surface area contributed by atoms with E-state index in [1.165, 1.54) is 0 Å². The van der Waals surface area contributed by atoms with Gasteiger partial charge in [-0.2, -0.15) is 0 Å². The van der Waals surface area contributed by atoms with Crippen LogP contribution in [0.2, 0.25) is 0 Å². The molecular weight excluding hydrogens is 219 g/mol.